The van der Waals surface area contributed by atoms with Crippen molar-refractivity contribution in [2.75, 3.05) is 129 Å². The van der Waals surface area contributed by atoms with Crippen molar-refractivity contribution in [2.45, 2.75) is 146 Å². The van der Waals surface area contributed by atoms with Gasteiger partial charge in [-0.2, -0.15) is 9.44 Å². The third-order valence-corrected chi connectivity index (χ3v) is 26.0. The zero-order valence-electron chi connectivity index (χ0n) is 77.9. The summed E-state index contributed by atoms with van der Waals surface area (Å²) in [4.78, 5) is 207. The normalized spacial score (nSPS) is 14.3. The van der Waals surface area contributed by atoms with Gasteiger partial charge in [0.05, 0.1) is 47.1 Å². The van der Waals surface area contributed by atoms with Gasteiger partial charge < -0.3 is 91.7 Å². The van der Waals surface area contributed by atoms with Crippen molar-refractivity contribution < 1.29 is 99.1 Å². The Kier molecular flexibility index (Phi) is 40.3. The van der Waals surface area contributed by atoms with Gasteiger partial charge in [0.2, 0.25) is 60.4 Å². The number of pyridine rings is 2. The van der Waals surface area contributed by atoms with Crippen LogP contribution in [0.1, 0.15) is 119 Å². The quantitative estimate of drug-likeness (QED) is 0.0140. The summed E-state index contributed by atoms with van der Waals surface area (Å²) in [5, 5.41) is 57.3. The zero-order valence-corrected chi connectivity index (χ0v) is 79.6. The van der Waals surface area contributed by atoms with Gasteiger partial charge in [0.15, 0.2) is 11.9 Å². The summed E-state index contributed by atoms with van der Waals surface area (Å²) in [5.41, 5.74) is 1.48. The highest BCUT2D eigenvalue weighted by molar-refractivity contribution is 7.90. The molecule has 17 N–H and O–H groups in total. The average Bonchev–Trinajstić information content (AvgIpc) is 0.989. The number of aromatic amines is 2. The molecule has 5 unspecified atom stereocenters. The van der Waals surface area contributed by atoms with E-state index >= 15 is 0 Å². The molecule has 0 aliphatic carbocycles. The standard InChI is InChI=1S/C90H119N23O23S2/c1-11-67(85(124)93-25-23-91-74(114)15-13-39-135-61-41-55(3)81(56(4)42-61)137(131,132)105-68(87(126)127)49-99-83(122)65-51-109(9)71-45-59(17-19-63(71)79(65)120)47-101-89-95-27-28-96-89)103-76(116)22-21-73(104-77(117)53-111-35-33-107(7)31-32-108(8)34-36-112(38-37-111)54-78(118)119)113(130)70(12-2)86(125)94-26-24-92-75(115)16-14-40-136-62-43-57(5)82(58(6)44-62)138(133,134)106-69(88(128)129)50-100-84(123)66-52-110(10)72-46-60(18-20-64(72)80(66)121)48-102-90-97-29-30-98-90/h7-8,17-20,27-30,41-46,51-52,67-70,73,105-106H,11-16,21-26,31-40,47-50,53-54H2,1-6,9-10H3,(H14-,91,92,93,94,95,96,97,98,99,100,101,102,103,104,114,115,116,117,118,119,122,123,124,125,126,127,128,129)/p+1. The molecule has 4 aromatic heterocycles. The monoisotopic (exact) mass is 1950 g/mol. The first-order valence-corrected chi connectivity index (χ1v) is 47.6. The lowest BCUT2D eigenvalue weighted by Gasteiger charge is -2.31. The molecule has 1 saturated heterocycles. The maximum absolute atomic E-state index is 14.6. The van der Waals surface area contributed by atoms with E-state index in [1.807, 2.05) is 0 Å². The van der Waals surface area contributed by atoms with E-state index in [1.165, 1.54) is 74.2 Å². The highest BCUT2D eigenvalue weighted by Gasteiger charge is 2.41. The second-order valence-corrected chi connectivity index (χ2v) is 36.4. The number of rotatable bonds is 51. The fourth-order valence-electron chi connectivity index (χ4n) is 15.3. The van der Waals surface area contributed by atoms with Crippen molar-refractivity contribution in [1.82, 2.24) is 101 Å². The molecule has 1 aliphatic heterocycles. The average molecular weight is 1960 g/mol. The third-order valence-electron chi connectivity index (χ3n) is 22.4. The van der Waals surface area contributed by atoms with E-state index in [4.69, 9.17) is 23.6 Å². The molecule has 4 radical (unpaired) electrons. The number of nitrogens with one attached hydrogen (secondary N) is 14. The number of anilines is 2. The Labute approximate surface area is 796 Å². The van der Waals surface area contributed by atoms with Gasteiger partial charge in [0, 0.05) is 223 Å². The van der Waals surface area contributed by atoms with Crippen LogP contribution in [0, 0.1) is 46.7 Å². The zero-order chi connectivity index (χ0) is 101. The first kappa shape index (κ1) is 108. The van der Waals surface area contributed by atoms with Crippen molar-refractivity contribution >= 4 is 119 Å². The predicted octanol–water partition coefficient (Wildman–Crippen LogP) is 0.419. The summed E-state index contributed by atoms with van der Waals surface area (Å²) in [5.74, 6) is -8.33. The van der Waals surface area contributed by atoms with Crippen LogP contribution in [0.15, 0.2) is 117 Å². The maximum Gasteiger partial charge on any atom is 0.323 e. The second kappa shape index (κ2) is 51.5. The van der Waals surface area contributed by atoms with Crippen LogP contribution in [-0.2, 0) is 90.4 Å². The fraction of sp³-hybridized carbons (Fsp3) is 0.456. The van der Waals surface area contributed by atoms with Gasteiger partial charge in [-0.25, -0.2) is 26.8 Å². The number of hydrogen-bond donors (Lipinski definition) is 17. The number of ether oxygens (including phenoxy) is 2. The molecule has 1 fully saturated rings. The Balaban J connectivity index is 0.712. The number of aryl methyl sites for hydroxylation is 6. The van der Waals surface area contributed by atoms with Crippen LogP contribution < -0.4 is 82.9 Å². The molecule has 0 saturated carbocycles. The van der Waals surface area contributed by atoms with Gasteiger partial charge in [-0.3, -0.25) is 87.2 Å². The molecule has 1 aliphatic rings. The van der Waals surface area contributed by atoms with Crippen LogP contribution in [0.4, 0.5) is 11.9 Å². The predicted molar refractivity (Wildman–Crippen MR) is 505 cm³/mol. The summed E-state index contributed by atoms with van der Waals surface area (Å²) < 4.78 is 74.9. The lowest BCUT2D eigenvalue weighted by molar-refractivity contribution is -0.613. The van der Waals surface area contributed by atoms with Gasteiger partial charge in [-0.1, -0.05) is 26.0 Å². The number of imidazole rings is 2. The summed E-state index contributed by atoms with van der Waals surface area (Å²) in [6, 6.07) is 9.39. The van der Waals surface area contributed by atoms with E-state index in [0.29, 0.717) is 60.4 Å². The van der Waals surface area contributed by atoms with Crippen LogP contribution in [0.5, 0.6) is 11.5 Å². The number of H-pyrrole nitrogens is 2. The molecule has 4 aromatic carbocycles. The minimum Gasteiger partial charge on any atom is -0.494 e. The molecule has 48 heteroatoms. The van der Waals surface area contributed by atoms with Crippen LogP contribution in [-0.4, -0.2) is 299 Å². The Morgan fingerprint density at radius 3 is 1.33 bits per heavy atom. The molecule has 138 heavy (non-hydrogen) atoms. The molecule has 744 valence electrons. The second-order valence-electron chi connectivity index (χ2n) is 33.1. The molecule has 0 spiro atoms. The number of carbonyl (C=O) groups excluding carboxylic acids is 8. The van der Waals surface area contributed by atoms with Crippen molar-refractivity contribution in [1.29, 1.82) is 0 Å². The number of carboxylic acid groups (broad SMARTS) is 3. The van der Waals surface area contributed by atoms with Crippen molar-refractivity contribution in [3.63, 3.8) is 0 Å². The molecule has 0 bridgehead atoms. The number of fused-ring (bicyclic) bond motifs is 2. The summed E-state index contributed by atoms with van der Waals surface area (Å²) >= 11 is 0. The molecular weight excluding hydrogens is 1840 g/mol. The van der Waals surface area contributed by atoms with Gasteiger partial charge in [0.1, 0.15) is 40.8 Å². The van der Waals surface area contributed by atoms with Crippen molar-refractivity contribution in [3.8, 4) is 11.5 Å². The minimum atomic E-state index is -4.59. The van der Waals surface area contributed by atoms with E-state index in [1.54, 1.807) is 108 Å². The fourth-order valence-corrected chi connectivity index (χ4v) is 18.6. The lowest BCUT2D eigenvalue weighted by Crippen LogP contribution is -2.54. The molecule has 9 rings (SSSR count). The molecule has 8 aromatic rings. The first-order valence-electron chi connectivity index (χ1n) is 44.7. The molecule has 5 heterocycles. The number of hydrogen-bond acceptors (Lipinski definition) is 28. The number of aromatic nitrogens is 6. The Hall–Kier alpha value is -13.7. The number of sulfonamides is 2. The number of amides is 8. The van der Waals surface area contributed by atoms with E-state index in [0.717, 1.165) is 11.1 Å². The molecule has 5 atom stereocenters. The highest BCUT2D eigenvalue weighted by Crippen LogP contribution is 2.29. The van der Waals surface area contributed by atoms with E-state index < -0.39 is 146 Å². The maximum atomic E-state index is 14.6. The van der Waals surface area contributed by atoms with Gasteiger partial charge in [0.25, 0.3) is 29.9 Å². The summed E-state index contributed by atoms with van der Waals surface area (Å²) in [6.45, 7) is 9.33. The van der Waals surface area contributed by atoms with Gasteiger partial charge in [-0.15, -0.1) is 0 Å². The smallest absolute Gasteiger partial charge is 0.323 e. The highest BCUT2D eigenvalue weighted by atomic mass is 32.2. The topological polar surface area (TPSA) is 614 Å². The Bertz CT molecular complexity index is 6010. The first-order chi connectivity index (χ1) is 65.6. The molecular formula is C90H120N23O23S2+. The van der Waals surface area contributed by atoms with Crippen molar-refractivity contribution in [2.24, 2.45) is 14.1 Å². The van der Waals surface area contributed by atoms with Crippen LogP contribution in [0.3, 0.4) is 0 Å². The van der Waals surface area contributed by atoms with Crippen LogP contribution >= 0.6 is 0 Å². The Morgan fingerprint density at radius 1 is 0.507 bits per heavy atom. The van der Waals surface area contributed by atoms with E-state index in [2.05, 4.69) is 82.5 Å². The number of carbonyl (C=O) groups is 11. The van der Waals surface area contributed by atoms with Gasteiger partial charge in [-0.05, 0) is 129 Å². The van der Waals surface area contributed by atoms with Gasteiger partial charge >= 0.3 is 17.9 Å². The van der Waals surface area contributed by atoms with Crippen LogP contribution in [0.2, 0.25) is 0 Å². The number of aliphatic carboxylic acids is 3. The molecule has 46 nitrogen and oxygen atoms in total. The molecule has 8 amide bonds. The minimum absolute atomic E-state index is 0.00212. The Morgan fingerprint density at radius 2 is 0.920 bits per heavy atom. The number of nitroso groups, excluding NO2 is 1. The number of benzene rings is 4. The van der Waals surface area contributed by atoms with Crippen molar-refractivity contribution in [3.05, 3.63) is 182 Å². The number of nitrogens with zero attached hydrogens (tertiary/aromatic N) is 9. The lowest BCUT2D eigenvalue weighted by atomic mass is 10.1. The number of carboxylic acids is 3. The third kappa shape index (κ3) is 32.0. The van der Waals surface area contributed by atoms with E-state index in [-0.39, 0.29) is 196 Å². The largest absolute Gasteiger partial charge is 0.494 e. The van der Waals surface area contributed by atoms with E-state index in [9.17, 15) is 99.4 Å². The van der Waals surface area contributed by atoms with Crippen LogP contribution in [0.25, 0.3) is 21.8 Å². The SMILES string of the molecule is [CH]N1CCN([CH])CCN(CC(=O)NC(CCC(=O)NC(CC)C(=O)NCCNC(=O)CCCOc2cc(C)c(S(=O)(=O)NC(CNC(=O)c3cn(C)c4cc(CNc5ncc[nH]5)ccc4c3=O)C(=O)O)c(C)c2)[N+](=O)C(CC)C(=O)NCCNC(=O)CCCOc2cc(C)c(S(=O)(=O)NC(CNC(=O)c3cn(C)c4cc(CNc5ncc[nH]5)ccc4c3=O)C(=O)O)c(C)c2)CCN(CC(=O)O)CC1. The summed E-state index contributed by atoms with van der Waals surface area (Å²) in [6.07, 6.45) is 6.92. The summed E-state index contributed by atoms with van der Waals surface area (Å²) in [7, 11) is 6.52.